The van der Waals surface area contributed by atoms with Crippen LogP contribution in [0.1, 0.15) is 17.9 Å². The molecule has 15 heavy (non-hydrogen) atoms. The first kappa shape index (κ1) is 9.17. The molecule has 1 aliphatic rings. The first-order valence-corrected chi connectivity index (χ1v) is 5.82. The van der Waals surface area contributed by atoms with Gasteiger partial charge >= 0.3 is 0 Å². The van der Waals surface area contributed by atoms with Crippen LogP contribution in [0.2, 0.25) is 0 Å². The largest absolute Gasteiger partial charge is 0.264 e. The van der Waals surface area contributed by atoms with Crippen LogP contribution in [-0.2, 0) is 0 Å². The smallest absolute Gasteiger partial charge is 0.0346 e. The van der Waals surface area contributed by atoms with Crippen LogP contribution in [0.25, 0.3) is 10.8 Å². The summed E-state index contributed by atoms with van der Waals surface area (Å²) in [5.41, 5.74) is 1.37. The fraction of sp³-hybridized carbons (Fsp3) is 0.308. The minimum Gasteiger partial charge on any atom is -0.264 e. The standard InChI is InChI=1S/C13H12ClN/c14-6-10-5-12(10)13-8-15-7-9-3-1-2-4-11(9)13/h1-4,7-8,10,12H,5-6H2. The second-order valence-electron chi connectivity index (χ2n) is 4.21. The van der Waals surface area contributed by atoms with Gasteiger partial charge in [-0.3, -0.25) is 4.98 Å². The number of hydrogen-bond acceptors (Lipinski definition) is 1. The number of fused-ring (bicyclic) bond motifs is 1. The van der Waals surface area contributed by atoms with E-state index >= 15 is 0 Å². The van der Waals surface area contributed by atoms with E-state index in [-0.39, 0.29) is 0 Å². The highest BCUT2D eigenvalue weighted by Gasteiger charge is 2.38. The van der Waals surface area contributed by atoms with Crippen LogP contribution in [0.5, 0.6) is 0 Å². The molecule has 76 valence electrons. The Hall–Kier alpha value is -1.08. The highest BCUT2D eigenvalue weighted by atomic mass is 35.5. The molecule has 1 fully saturated rings. The van der Waals surface area contributed by atoms with E-state index in [1.807, 2.05) is 12.4 Å². The molecule has 0 radical (unpaired) electrons. The third-order valence-corrected chi connectivity index (χ3v) is 3.62. The Morgan fingerprint density at radius 2 is 2.13 bits per heavy atom. The van der Waals surface area contributed by atoms with Gasteiger partial charge in [-0.25, -0.2) is 0 Å². The molecule has 2 atom stereocenters. The van der Waals surface area contributed by atoms with Gasteiger partial charge in [0, 0.05) is 23.7 Å². The van der Waals surface area contributed by atoms with Crippen molar-refractivity contribution in [1.29, 1.82) is 0 Å². The van der Waals surface area contributed by atoms with Crippen LogP contribution in [0, 0.1) is 5.92 Å². The highest BCUT2D eigenvalue weighted by molar-refractivity contribution is 6.18. The van der Waals surface area contributed by atoms with E-state index in [9.17, 15) is 0 Å². The molecule has 1 nitrogen and oxygen atoms in total. The molecule has 2 aromatic rings. The van der Waals surface area contributed by atoms with Crippen molar-refractivity contribution in [3.8, 4) is 0 Å². The number of benzene rings is 1. The molecule has 0 bridgehead atoms. The van der Waals surface area contributed by atoms with Crippen LogP contribution in [0.15, 0.2) is 36.7 Å². The second kappa shape index (κ2) is 3.49. The number of hydrogen-bond donors (Lipinski definition) is 0. The van der Waals surface area contributed by atoms with E-state index in [1.54, 1.807) is 0 Å². The number of halogens is 1. The van der Waals surface area contributed by atoms with Crippen molar-refractivity contribution >= 4 is 22.4 Å². The van der Waals surface area contributed by atoms with Gasteiger partial charge < -0.3 is 0 Å². The first-order chi connectivity index (χ1) is 7.40. The summed E-state index contributed by atoms with van der Waals surface area (Å²) in [5.74, 6) is 2.08. The normalized spacial score (nSPS) is 24.3. The summed E-state index contributed by atoms with van der Waals surface area (Å²) in [7, 11) is 0. The summed E-state index contributed by atoms with van der Waals surface area (Å²) in [4.78, 5) is 4.30. The maximum absolute atomic E-state index is 5.87. The Morgan fingerprint density at radius 3 is 2.93 bits per heavy atom. The zero-order valence-corrected chi connectivity index (χ0v) is 9.11. The van der Waals surface area contributed by atoms with Gasteiger partial charge in [0.15, 0.2) is 0 Å². The van der Waals surface area contributed by atoms with Crippen LogP contribution in [0.3, 0.4) is 0 Å². The molecule has 0 saturated heterocycles. The fourth-order valence-corrected chi connectivity index (χ4v) is 2.58. The maximum Gasteiger partial charge on any atom is 0.0346 e. The number of rotatable bonds is 2. The van der Waals surface area contributed by atoms with Crippen molar-refractivity contribution in [3.05, 3.63) is 42.2 Å². The number of aromatic nitrogens is 1. The Labute approximate surface area is 94.1 Å². The molecular weight excluding hydrogens is 206 g/mol. The van der Waals surface area contributed by atoms with Gasteiger partial charge in [-0.15, -0.1) is 11.6 Å². The van der Waals surface area contributed by atoms with Crippen LogP contribution < -0.4 is 0 Å². The SMILES string of the molecule is ClCC1CC1c1cncc2ccccc12. The Morgan fingerprint density at radius 1 is 1.27 bits per heavy atom. The van der Waals surface area contributed by atoms with Crippen molar-refractivity contribution in [3.63, 3.8) is 0 Å². The van der Waals surface area contributed by atoms with Gasteiger partial charge in [-0.2, -0.15) is 0 Å². The van der Waals surface area contributed by atoms with Gasteiger partial charge in [0.25, 0.3) is 0 Å². The second-order valence-corrected chi connectivity index (χ2v) is 4.52. The average Bonchev–Trinajstić information content (AvgIpc) is 3.07. The van der Waals surface area contributed by atoms with Crippen LogP contribution in [-0.4, -0.2) is 10.9 Å². The number of pyridine rings is 1. The van der Waals surface area contributed by atoms with Gasteiger partial charge in [0.05, 0.1) is 0 Å². The maximum atomic E-state index is 5.87. The zero-order valence-electron chi connectivity index (χ0n) is 8.36. The Kier molecular flexibility index (Phi) is 2.14. The molecule has 1 heterocycles. The molecule has 0 aliphatic heterocycles. The lowest BCUT2D eigenvalue weighted by molar-refractivity contribution is 0.924. The molecule has 1 aromatic carbocycles. The highest BCUT2D eigenvalue weighted by Crippen LogP contribution is 2.49. The van der Waals surface area contributed by atoms with E-state index < -0.39 is 0 Å². The van der Waals surface area contributed by atoms with Gasteiger partial charge in [-0.1, -0.05) is 24.3 Å². The fourth-order valence-electron chi connectivity index (χ4n) is 2.23. The lowest BCUT2D eigenvalue weighted by Gasteiger charge is -2.04. The third kappa shape index (κ3) is 1.51. The van der Waals surface area contributed by atoms with E-state index in [0.717, 1.165) is 5.88 Å². The Bertz CT molecular complexity index is 489. The monoisotopic (exact) mass is 217 g/mol. The first-order valence-electron chi connectivity index (χ1n) is 5.29. The number of alkyl halides is 1. The summed E-state index contributed by atoms with van der Waals surface area (Å²) in [6, 6.07) is 8.43. The summed E-state index contributed by atoms with van der Waals surface area (Å²) in [6.07, 6.45) is 5.15. The minimum absolute atomic E-state index is 0.640. The third-order valence-electron chi connectivity index (χ3n) is 3.22. The zero-order chi connectivity index (χ0) is 10.3. The topological polar surface area (TPSA) is 12.9 Å². The lowest BCUT2D eigenvalue weighted by Crippen LogP contribution is -1.88. The quantitative estimate of drug-likeness (QED) is 0.701. The molecule has 0 N–H and O–H groups in total. The van der Waals surface area contributed by atoms with Gasteiger partial charge in [0.1, 0.15) is 0 Å². The van der Waals surface area contributed by atoms with Crippen LogP contribution in [0.4, 0.5) is 0 Å². The summed E-state index contributed by atoms with van der Waals surface area (Å²) < 4.78 is 0. The lowest BCUT2D eigenvalue weighted by atomic mass is 10.0. The van der Waals surface area contributed by atoms with Crippen LogP contribution >= 0.6 is 11.6 Å². The van der Waals surface area contributed by atoms with Crippen molar-refractivity contribution < 1.29 is 0 Å². The molecule has 1 aliphatic carbocycles. The van der Waals surface area contributed by atoms with Gasteiger partial charge in [0.2, 0.25) is 0 Å². The summed E-state index contributed by atoms with van der Waals surface area (Å²) >= 11 is 5.87. The molecule has 0 spiro atoms. The molecule has 0 amide bonds. The number of nitrogens with zero attached hydrogens (tertiary/aromatic N) is 1. The van der Waals surface area contributed by atoms with Gasteiger partial charge in [-0.05, 0) is 29.2 Å². The molecule has 2 unspecified atom stereocenters. The molecule has 1 saturated carbocycles. The average molecular weight is 218 g/mol. The summed E-state index contributed by atoms with van der Waals surface area (Å²) in [6.45, 7) is 0. The van der Waals surface area contributed by atoms with Crippen molar-refractivity contribution in [2.45, 2.75) is 12.3 Å². The Balaban J connectivity index is 2.11. The molecule has 2 heteroatoms. The molecule has 1 aromatic heterocycles. The minimum atomic E-state index is 0.640. The summed E-state index contributed by atoms with van der Waals surface area (Å²) in [5, 5.41) is 2.57. The van der Waals surface area contributed by atoms with E-state index in [1.165, 1.54) is 22.8 Å². The van der Waals surface area contributed by atoms with E-state index in [2.05, 4.69) is 29.2 Å². The van der Waals surface area contributed by atoms with Crippen molar-refractivity contribution in [1.82, 2.24) is 4.98 Å². The van der Waals surface area contributed by atoms with Crippen molar-refractivity contribution in [2.75, 3.05) is 5.88 Å². The molecule has 3 rings (SSSR count). The molecular formula is C13H12ClN. The van der Waals surface area contributed by atoms with E-state index in [0.29, 0.717) is 11.8 Å². The van der Waals surface area contributed by atoms with Crippen molar-refractivity contribution in [2.24, 2.45) is 5.92 Å². The predicted molar refractivity (Wildman–Crippen MR) is 63.3 cm³/mol. The predicted octanol–water partition coefficient (Wildman–Crippen LogP) is 3.58. The van der Waals surface area contributed by atoms with E-state index in [4.69, 9.17) is 11.6 Å².